The molecule has 0 bridgehead atoms. The molecule has 0 N–H and O–H groups in total. The third-order valence-electron chi connectivity index (χ3n) is 5.46. The van der Waals surface area contributed by atoms with E-state index in [9.17, 15) is 4.79 Å². The Bertz CT molecular complexity index is 939. The first-order valence-corrected chi connectivity index (χ1v) is 11.7. The van der Waals surface area contributed by atoms with Crippen LogP contribution in [0.4, 0.5) is 0 Å². The van der Waals surface area contributed by atoms with Crippen molar-refractivity contribution in [2.75, 3.05) is 27.4 Å². The fourth-order valence-electron chi connectivity index (χ4n) is 3.79. The topological polar surface area (TPSA) is 54.0 Å². The Morgan fingerprint density at radius 3 is 1.58 bits per heavy atom. The molecule has 3 rings (SSSR count). The highest BCUT2D eigenvalue weighted by atomic mass is 16.5. The molecule has 0 atom stereocenters. The molecule has 176 valence electrons. The molecule has 5 nitrogen and oxygen atoms in total. The number of hydrogen-bond donors (Lipinski definition) is 0. The Morgan fingerprint density at radius 1 is 0.727 bits per heavy atom. The van der Waals surface area contributed by atoms with Gasteiger partial charge in [-0.05, 0) is 79.6 Å². The van der Waals surface area contributed by atoms with E-state index in [1.165, 1.54) is 0 Å². The van der Waals surface area contributed by atoms with Crippen molar-refractivity contribution >= 4 is 17.9 Å². The number of benzene rings is 2. The SMILES string of the molecule is CCCOc1ccc(/C=C2\CCC/C(=C\c3ccc(OCCC)c(OC)c3)C2=O)cc1OC. The van der Waals surface area contributed by atoms with Crippen LogP contribution < -0.4 is 18.9 Å². The van der Waals surface area contributed by atoms with Crippen molar-refractivity contribution in [2.45, 2.75) is 46.0 Å². The molecular formula is C28H34O5. The lowest BCUT2D eigenvalue weighted by atomic mass is 9.87. The number of carbonyl (C=O) groups excluding carboxylic acids is 1. The summed E-state index contributed by atoms with van der Waals surface area (Å²) >= 11 is 0. The Kier molecular flexibility index (Phi) is 8.99. The van der Waals surface area contributed by atoms with E-state index in [1.54, 1.807) is 14.2 Å². The zero-order valence-corrected chi connectivity index (χ0v) is 20.1. The van der Waals surface area contributed by atoms with Gasteiger partial charge in [0.1, 0.15) is 0 Å². The van der Waals surface area contributed by atoms with Crippen LogP contribution in [0.15, 0.2) is 47.5 Å². The van der Waals surface area contributed by atoms with Crippen LogP contribution in [-0.4, -0.2) is 33.2 Å². The zero-order valence-electron chi connectivity index (χ0n) is 20.1. The first kappa shape index (κ1) is 24.4. The van der Waals surface area contributed by atoms with Gasteiger partial charge in [0, 0.05) is 11.1 Å². The maximum atomic E-state index is 13.2. The van der Waals surface area contributed by atoms with Crippen LogP contribution in [0, 0.1) is 0 Å². The summed E-state index contributed by atoms with van der Waals surface area (Å²) in [4.78, 5) is 13.2. The average Bonchev–Trinajstić information content (AvgIpc) is 2.84. The molecule has 5 heteroatoms. The summed E-state index contributed by atoms with van der Waals surface area (Å²) in [6.07, 6.45) is 8.25. The van der Waals surface area contributed by atoms with E-state index >= 15 is 0 Å². The Labute approximate surface area is 197 Å². The molecular weight excluding hydrogens is 416 g/mol. The van der Waals surface area contributed by atoms with Gasteiger partial charge in [-0.3, -0.25) is 4.79 Å². The summed E-state index contributed by atoms with van der Waals surface area (Å²) in [5.41, 5.74) is 3.48. The first-order chi connectivity index (χ1) is 16.1. The maximum Gasteiger partial charge on any atom is 0.185 e. The number of methoxy groups -OCH3 is 2. The van der Waals surface area contributed by atoms with Crippen LogP contribution in [0.2, 0.25) is 0 Å². The normalized spacial score (nSPS) is 16.2. The molecule has 1 aliphatic rings. The number of Topliss-reactive ketones (excluding diaryl/α,β-unsaturated/α-hetero) is 1. The minimum atomic E-state index is 0.0943. The molecule has 1 saturated carbocycles. The van der Waals surface area contributed by atoms with Crippen LogP contribution in [0.5, 0.6) is 23.0 Å². The summed E-state index contributed by atoms with van der Waals surface area (Å²) in [6.45, 7) is 5.41. The Hall–Kier alpha value is -3.21. The van der Waals surface area contributed by atoms with Crippen molar-refractivity contribution in [1.82, 2.24) is 0 Å². The number of ether oxygens (including phenoxy) is 4. The molecule has 2 aromatic carbocycles. The van der Waals surface area contributed by atoms with Crippen LogP contribution in [-0.2, 0) is 4.79 Å². The maximum absolute atomic E-state index is 13.2. The molecule has 0 radical (unpaired) electrons. The van der Waals surface area contributed by atoms with E-state index in [0.29, 0.717) is 24.7 Å². The third-order valence-corrected chi connectivity index (χ3v) is 5.46. The molecule has 0 saturated heterocycles. The molecule has 0 heterocycles. The molecule has 0 spiro atoms. The van der Waals surface area contributed by atoms with Crippen molar-refractivity contribution in [3.05, 3.63) is 58.7 Å². The van der Waals surface area contributed by atoms with Gasteiger partial charge in [-0.1, -0.05) is 26.0 Å². The zero-order chi connectivity index (χ0) is 23.6. The number of allylic oxidation sites excluding steroid dienone is 2. The lowest BCUT2D eigenvalue weighted by Crippen LogP contribution is -2.12. The summed E-state index contributed by atoms with van der Waals surface area (Å²) in [6, 6.07) is 11.6. The molecule has 2 aromatic rings. The predicted molar refractivity (Wildman–Crippen MR) is 132 cm³/mol. The van der Waals surface area contributed by atoms with Crippen LogP contribution in [0.1, 0.15) is 57.1 Å². The largest absolute Gasteiger partial charge is 0.493 e. The minimum absolute atomic E-state index is 0.0943. The molecule has 0 aliphatic heterocycles. The lowest BCUT2D eigenvalue weighted by molar-refractivity contribution is -0.112. The van der Waals surface area contributed by atoms with Crippen LogP contribution >= 0.6 is 0 Å². The van der Waals surface area contributed by atoms with Crippen molar-refractivity contribution in [3.8, 4) is 23.0 Å². The smallest absolute Gasteiger partial charge is 0.185 e. The highest BCUT2D eigenvalue weighted by molar-refractivity contribution is 6.14. The molecule has 0 unspecified atom stereocenters. The van der Waals surface area contributed by atoms with Gasteiger partial charge in [0.05, 0.1) is 27.4 Å². The van der Waals surface area contributed by atoms with E-state index in [2.05, 4.69) is 13.8 Å². The van der Waals surface area contributed by atoms with Crippen LogP contribution in [0.25, 0.3) is 12.2 Å². The van der Waals surface area contributed by atoms with E-state index in [1.807, 2.05) is 48.6 Å². The van der Waals surface area contributed by atoms with E-state index < -0.39 is 0 Å². The standard InChI is InChI=1S/C28H34O5/c1-5-14-32-24-12-10-20(18-26(24)30-3)16-22-8-7-9-23(28(22)29)17-21-11-13-25(33-15-6-2)27(19-21)31-4/h10-13,16-19H,5-9,14-15H2,1-4H3/b22-16+,23-17+. The van der Waals surface area contributed by atoms with E-state index in [0.717, 1.165) is 65.9 Å². The summed E-state index contributed by atoms with van der Waals surface area (Å²) < 4.78 is 22.4. The van der Waals surface area contributed by atoms with Gasteiger partial charge >= 0.3 is 0 Å². The molecule has 1 aliphatic carbocycles. The minimum Gasteiger partial charge on any atom is -0.493 e. The molecule has 1 fully saturated rings. The van der Waals surface area contributed by atoms with Crippen molar-refractivity contribution in [2.24, 2.45) is 0 Å². The summed E-state index contributed by atoms with van der Waals surface area (Å²) in [5.74, 6) is 2.88. The Morgan fingerprint density at radius 2 is 1.18 bits per heavy atom. The highest BCUT2D eigenvalue weighted by Gasteiger charge is 2.21. The number of ketones is 1. The van der Waals surface area contributed by atoms with Crippen molar-refractivity contribution in [1.29, 1.82) is 0 Å². The van der Waals surface area contributed by atoms with Gasteiger partial charge in [-0.15, -0.1) is 0 Å². The molecule has 0 aromatic heterocycles. The second-order valence-corrected chi connectivity index (χ2v) is 8.04. The number of rotatable bonds is 10. The second kappa shape index (κ2) is 12.1. The second-order valence-electron chi connectivity index (χ2n) is 8.04. The van der Waals surface area contributed by atoms with Crippen LogP contribution in [0.3, 0.4) is 0 Å². The van der Waals surface area contributed by atoms with E-state index in [-0.39, 0.29) is 5.78 Å². The quantitative estimate of drug-likeness (QED) is 0.387. The predicted octanol–water partition coefficient (Wildman–Crippen LogP) is 6.50. The van der Waals surface area contributed by atoms with Crippen molar-refractivity contribution < 1.29 is 23.7 Å². The third kappa shape index (κ3) is 6.41. The molecule has 33 heavy (non-hydrogen) atoms. The van der Waals surface area contributed by atoms with Gasteiger partial charge in [0.2, 0.25) is 0 Å². The summed E-state index contributed by atoms with van der Waals surface area (Å²) in [7, 11) is 3.26. The Balaban J connectivity index is 1.82. The van der Waals surface area contributed by atoms with E-state index in [4.69, 9.17) is 18.9 Å². The van der Waals surface area contributed by atoms with Gasteiger partial charge in [0.25, 0.3) is 0 Å². The number of hydrogen-bond acceptors (Lipinski definition) is 5. The van der Waals surface area contributed by atoms with Gasteiger partial charge in [0.15, 0.2) is 28.8 Å². The first-order valence-electron chi connectivity index (χ1n) is 11.7. The summed E-state index contributed by atoms with van der Waals surface area (Å²) in [5, 5.41) is 0. The van der Waals surface area contributed by atoms with Gasteiger partial charge in [-0.2, -0.15) is 0 Å². The molecule has 0 amide bonds. The fraction of sp³-hybridized carbons (Fsp3) is 0.393. The fourth-order valence-corrected chi connectivity index (χ4v) is 3.79. The lowest BCUT2D eigenvalue weighted by Gasteiger charge is -2.17. The van der Waals surface area contributed by atoms with Gasteiger partial charge in [-0.25, -0.2) is 0 Å². The van der Waals surface area contributed by atoms with Gasteiger partial charge < -0.3 is 18.9 Å². The monoisotopic (exact) mass is 450 g/mol. The average molecular weight is 451 g/mol. The number of carbonyl (C=O) groups is 1. The van der Waals surface area contributed by atoms with Crippen molar-refractivity contribution in [3.63, 3.8) is 0 Å². The highest BCUT2D eigenvalue weighted by Crippen LogP contribution is 2.33.